The molecule has 2 aromatic rings. The van der Waals surface area contributed by atoms with Crippen molar-refractivity contribution in [3.8, 4) is 0 Å². The number of thioether (sulfide) groups is 2. The van der Waals surface area contributed by atoms with Gasteiger partial charge < -0.3 is 20.5 Å². The number of imide groups is 1. The number of carboxylic acids is 1. The molecule has 42 heavy (non-hydrogen) atoms. The Morgan fingerprint density at radius 3 is 2.71 bits per heavy atom. The molecule has 3 aliphatic heterocycles. The standard InChI is InChI=1S/C21H22N10O8S3/c1-29-20(25-27-28-29)42-8-9-7-41-17-21(39-2,16(36)31(17)13(9)15(34)35)24-14(33)12(10-4-3-5-40-10)23-18(37)26-30-6-11(32)22-19(30)38/h3-5,12,17H,6-8H2,1-2H3,(H,24,33)(H,34,35)(H,22,32,38)(H2,23,26,37)/t12?,17?,21-/m0/s1. The van der Waals surface area contributed by atoms with Crippen LogP contribution in [0.1, 0.15) is 10.9 Å². The van der Waals surface area contributed by atoms with E-state index < -0.39 is 59.4 Å². The van der Waals surface area contributed by atoms with E-state index in [1.165, 1.54) is 35.3 Å². The van der Waals surface area contributed by atoms with E-state index in [-0.39, 0.29) is 17.2 Å². The second-order valence-electron chi connectivity index (χ2n) is 8.87. The zero-order chi connectivity index (χ0) is 30.2. The molecule has 0 saturated carbocycles. The topological polar surface area (TPSA) is 230 Å². The van der Waals surface area contributed by atoms with Gasteiger partial charge in [-0.2, -0.15) is 0 Å². The molecule has 0 aromatic carbocycles. The second-order valence-corrected chi connectivity index (χ2v) is 11.9. The van der Waals surface area contributed by atoms with Crippen LogP contribution >= 0.6 is 34.9 Å². The van der Waals surface area contributed by atoms with Gasteiger partial charge in [-0.15, -0.1) is 28.2 Å². The van der Waals surface area contributed by atoms with Crippen LogP contribution in [-0.2, 0) is 31.0 Å². The maximum Gasteiger partial charge on any atom is 0.352 e. The number of aliphatic carboxylic acids is 1. The lowest BCUT2D eigenvalue weighted by Gasteiger charge is -2.56. The summed E-state index contributed by atoms with van der Waals surface area (Å²) in [6, 6.07) is 0.0765. The number of ether oxygens (including phenoxy) is 1. The minimum absolute atomic E-state index is 0.200. The molecule has 2 fully saturated rings. The van der Waals surface area contributed by atoms with Gasteiger partial charge in [-0.1, -0.05) is 17.8 Å². The fourth-order valence-corrected chi connectivity index (χ4v) is 7.55. The van der Waals surface area contributed by atoms with E-state index in [0.29, 0.717) is 15.6 Å². The molecule has 18 nitrogen and oxygen atoms in total. The smallest absolute Gasteiger partial charge is 0.352 e. The number of hydrazine groups is 1. The summed E-state index contributed by atoms with van der Waals surface area (Å²) < 4.78 is 6.94. The molecule has 5 rings (SSSR count). The van der Waals surface area contributed by atoms with Crippen LogP contribution in [-0.4, -0.2) is 107 Å². The van der Waals surface area contributed by atoms with Gasteiger partial charge in [0.25, 0.3) is 17.5 Å². The highest BCUT2D eigenvalue weighted by molar-refractivity contribution is 8.01. The first kappa shape index (κ1) is 29.3. The van der Waals surface area contributed by atoms with Crippen molar-refractivity contribution < 1.29 is 38.6 Å². The van der Waals surface area contributed by atoms with E-state index in [4.69, 9.17) is 4.74 Å². The van der Waals surface area contributed by atoms with Crippen LogP contribution in [0.15, 0.2) is 33.9 Å². The van der Waals surface area contributed by atoms with Gasteiger partial charge in [-0.05, 0) is 27.4 Å². The van der Waals surface area contributed by atoms with Crippen molar-refractivity contribution in [1.29, 1.82) is 0 Å². The molecule has 0 spiro atoms. The average molecular weight is 639 g/mol. The summed E-state index contributed by atoms with van der Waals surface area (Å²) >= 11 is 3.55. The van der Waals surface area contributed by atoms with E-state index in [0.717, 1.165) is 21.2 Å². The third-order valence-electron chi connectivity index (χ3n) is 6.30. The van der Waals surface area contributed by atoms with Gasteiger partial charge in [-0.25, -0.2) is 29.5 Å². The van der Waals surface area contributed by atoms with Crippen molar-refractivity contribution in [1.82, 2.24) is 51.5 Å². The first-order valence-corrected chi connectivity index (χ1v) is 14.8. The minimum Gasteiger partial charge on any atom is -0.477 e. The number of aryl methyl sites for hydroxylation is 1. The number of tetrazole rings is 1. The predicted molar refractivity (Wildman–Crippen MR) is 144 cm³/mol. The first-order chi connectivity index (χ1) is 20.1. The number of carboxylic acid groups (broad SMARTS) is 1. The van der Waals surface area contributed by atoms with Gasteiger partial charge in [0.15, 0.2) is 0 Å². The summed E-state index contributed by atoms with van der Waals surface area (Å²) in [4.78, 5) is 76.7. The molecule has 2 unspecified atom stereocenters. The maximum absolute atomic E-state index is 13.6. The van der Waals surface area contributed by atoms with E-state index in [1.54, 1.807) is 24.6 Å². The highest BCUT2D eigenvalue weighted by Gasteiger charge is 2.67. The number of rotatable bonds is 10. The van der Waals surface area contributed by atoms with Crippen LogP contribution in [0.3, 0.4) is 0 Å². The molecule has 0 radical (unpaired) electrons. The number of hydrogen-bond donors (Lipinski definition) is 5. The molecular weight excluding hydrogens is 616 g/mol. The summed E-state index contributed by atoms with van der Waals surface area (Å²) in [5, 5.41) is 30.1. The predicted octanol–water partition coefficient (Wildman–Crippen LogP) is -1.42. The molecule has 2 aromatic heterocycles. The Balaban J connectivity index is 1.33. The lowest BCUT2D eigenvalue weighted by Crippen LogP contribution is -2.81. The highest BCUT2D eigenvalue weighted by atomic mass is 32.2. The number of fused-ring (bicyclic) bond motifs is 1. The quantitative estimate of drug-likeness (QED) is 0.0872. The molecule has 3 aliphatic rings. The summed E-state index contributed by atoms with van der Waals surface area (Å²) in [5.74, 6) is -3.17. The number of hydrogen-bond acceptors (Lipinski definition) is 13. The third kappa shape index (κ3) is 5.26. The average Bonchev–Trinajstić information content (AvgIpc) is 3.70. The van der Waals surface area contributed by atoms with Crippen LogP contribution in [0.4, 0.5) is 9.59 Å². The van der Waals surface area contributed by atoms with E-state index in [1.807, 2.05) is 5.32 Å². The van der Waals surface area contributed by atoms with Crippen LogP contribution in [0.5, 0.6) is 0 Å². The molecule has 7 amide bonds. The molecule has 222 valence electrons. The lowest BCUT2D eigenvalue weighted by molar-refractivity contribution is -0.192. The fourth-order valence-electron chi connectivity index (χ4n) is 4.34. The Morgan fingerprint density at radius 2 is 2.12 bits per heavy atom. The van der Waals surface area contributed by atoms with Crippen LogP contribution in [0.2, 0.25) is 0 Å². The Hall–Kier alpha value is -4.21. The summed E-state index contributed by atoms with van der Waals surface area (Å²) in [5.41, 5.74) is 0.500. The van der Waals surface area contributed by atoms with Gasteiger partial charge in [0, 0.05) is 30.5 Å². The largest absolute Gasteiger partial charge is 0.477 e. The van der Waals surface area contributed by atoms with E-state index >= 15 is 0 Å². The second kappa shape index (κ2) is 11.6. The zero-order valence-corrected chi connectivity index (χ0v) is 24.2. The number of urea groups is 2. The number of carbonyl (C=O) groups is 6. The van der Waals surface area contributed by atoms with Crippen molar-refractivity contribution in [3.05, 3.63) is 33.7 Å². The molecule has 5 N–H and O–H groups in total. The minimum atomic E-state index is -1.93. The van der Waals surface area contributed by atoms with Crippen molar-refractivity contribution in [2.45, 2.75) is 22.3 Å². The van der Waals surface area contributed by atoms with Crippen LogP contribution in [0.25, 0.3) is 0 Å². The molecular formula is C21H22N10O8S3. The van der Waals surface area contributed by atoms with Crippen molar-refractivity contribution in [2.75, 3.05) is 25.2 Å². The molecule has 0 aliphatic carbocycles. The molecule has 0 bridgehead atoms. The number of nitrogens with one attached hydrogen (secondary N) is 4. The summed E-state index contributed by atoms with van der Waals surface area (Å²) in [6.45, 7) is -0.409. The van der Waals surface area contributed by atoms with Gasteiger partial charge in [0.2, 0.25) is 11.1 Å². The highest BCUT2D eigenvalue weighted by Crippen LogP contribution is 2.47. The van der Waals surface area contributed by atoms with Gasteiger partial charge >= 0.3 is 18.0 Å². The van der Waals surface area contributed by atoms with Gasteiger partial charge in [0.1, 0.15) is 23.7 Å². The van der Waals surface area contributed by atoms with Gasteiger partial charge in [0.05, 0.1) is 0 Å². The molecule has 3 atom stereocenters. The summed E-state index contributed by atoms with van der Waals surface area (Å²) in [6.07, 6.45) is 0. The first-order valence-electron chi connectivity index (χ1n) is 11.9. The number of nitrogens with zero attached hydrogens (tertiary/aromatic N) is 6. The van der Waals surface area contributed by atoms with Crippen molar-refractivity contribution in [3.63, 3.8) is 0 Å². The molecule has 2 saturated heterocycles. The number of carbonyl (C=O) groups excluding carboxylic acids is 5. The van der Waals surface area contributed by atoms with Crippen molar-refractivity contribution >= 4 is 70.6 Å². The maximum atomic E-state index is 13.6. The van der Waals surface area contributed by atoms with Crippen molar-refractivity contribution in [2.24, 2.45) is 7.05 Å². The monoisotopic (exact) mass is 638 g/mol. The number of β-lactam (4-membered cyclic amide) rings is 1. The Kier molecular flexibility index (Phi) is 8.08. The van der Waals surface area contributed by atoms with Crippen LogP contribution in [0, 0.1) is 0 Å². The van der Waals surface area contributed by atoms with Crippen LogP contribution < -0.4 is 21.4 Å². The van der Waals surface area contributed by atoms with E-state index in [2.05, 4.69) is 31.6 Å². The third-order valence-corrected chi connectivity index (χ3v) is 9.70. The lowest BCUT2D eigenvalue weighted by atomic mass is 9.97. The SMILES string of the molecule is CO[C@@]1(NC(=O)C(NC(=O)NN2CC(=O)NC2=O)c2cccs2)C(=O)N2C(C(=O)O)=C(CSc3nnnn3C)CSC21. The van der Waals surface area contributed by atoms with Gasteiger partial charge in [-0.3, -0.25) is 24.6 Å². The number of methoxy groups -OCH3 is 1. The number of amides is 7. The van der Waals surface area contributed by atoms with E-state index in [9.17, 15) is 33.9 Å². The molecule has 5 heterocycles. The Morgan fingerprint density at radius 1 is 1.33 bits per heavy atom. The number of aromatic nitrogens is 4. The Bertz CT molecular complexity index is 1500. The zero-order valence-electron chi connectivity index (χ0n) is 21.7. The fraction of sp³-hybridized carbons (Fsp3) is 0.381. The molecule has 21 heteroatoms. The normalized spacial score (nSPS) is 22.3. The summed E-state index contributed by atoms with van der Waals surface area (Å²) in [7, 11) is 2.84. The Labute approximate surface area is 248 Å². The number of thiophene rings is 1.